The Morgan fingerprint density at radius 1 is 1.16 bits per heavy atom. The molecule has 0 aliphatic rings. The molecule has 4 aromatic rings. The van der Waals surface area contributed by atoms with E-state index in [2.05, 4.69) is 10.3 Å². The minimum Gasteiger partial charge on any atom is -0.496 e. The molecule has 0 saturated carbocycles. The van der Waals surface area contributed by atoms with Crippen molar-refractivity contribution in [3.05, 3.63) is 82.6 Å². The number of ether oxygens (including phenoxy) is 2. The second kappa shape index (κ2) is 9.03. The molecule has 0 fully saturated rings. The summed E-state index contributed by atoms with van der Waals surface area (Å²) < 4.78 is 12.3. The molecule has 2 aromatic carbocycles. The zero-order chi connectivity index (χ0) is 21.8. The third-order valence-corrected chi connectivity index (χ3v) is 5.35. The first-order chi connectivity index (χ1) is 15.0. The Morgan fingerprint density at radius 2 is 1.94 bits per heavy atom. The fraction of sp³-hybridized carbons (Fsp3) is 0.0455. The highest BCUT2D eigenvalue weighted by Gasteiger charge is 2.12. The normalized spacial score (nSPS) is 11.0. The Hall–Kier alpha value is -3.62. The lowest BCUT2D eigenvalue weighted by molar-refractivity contribution is -0.128. The molecule has 1 N–H and O–H groups in total. The summed E-state index contributed by atoms with van der Waals surface area (Å²) in [5.74, 6) is -0.0463. The largest absolute Gasteiger partial charge is 0.496 e. The van der Waals surface area contributed by atoms with Crippen LogP contribution in [0.25, 0.3) is 11.0 Å². The van der Waals surface area contributed by atoms with Crippen LogP contribution in [0.4, 0.5) is 5.69 Å². The number of nitrogens with zero attached hydrogens (tertiary/aromatic N) is 2. The molecular formula is C22H16ClN3O4S. The highest BCUT2D eigenvalue weighted by Crippen LogP contribution is 2.23. The minimum absolute atomic E-state index is 0.303. The van der Waals surface area contributed by atoms with Crippen molar-refractivity contribution < 1.29 is 19.1 Å². The van der Waals surface area contributed by atoms with Gasteiger partial charge in [-0.25, -0.2) is 9.78 Å². The van der Waals surface area contributed by atoms with Crippen LogP contribution in [-0.4, -0.2) is 28.4 Å². The van der Waals surface area contributed by atoms with E-state index in [-0.39, 0.29) is 5.91 Å². The number of hydrogen-bond acceptors (Lipinski definition) is 6. The van der Waals surface area contributed by atoms with E-state index < -0.39 is 5.97 Å². The van der Waals surface area contributed by atoms with E-state index in [1.165, 1.54) is 24.5 Å². The predicted octanol–water partition coefficient (Wildman–Crippen LogP) is 4.93. The first-order valence-electron chi connectivity index (χ1n) is 9.10. The van der Waals surface area contributed by atoms with Gasteiger partial charge in [-0.2, -0.15) is 0 Å². The number of methoxy groups -OCH3 is 1. The van der Waals surface area contributed by atoms with Gasteiger partial charge in [0.25, 0.3) is 5.91 Å². The molecule has 2 heterocycles. The summed E-state index contributed by atoms with van der Waals surface area (Å²) in [6.07, 6.45) is 4.66. The maximum atomic E-state index is 12.5. The van der Waals surface area contributed by atoms with Gasteiger partial charge in [-0.3, -0.25) is 9.20 Å². The second-order valence-corrected chi connectivity index (χ2v) is 7.51. The SMILES string of the molecule is COc1ccccc1C(=O)Nc1ccc(OC(=O)/C=C/c2c(Cl)nc3sccn23)cc1. The Labute approximate surface area is 186 Å². The van der Waals surface area contributed by atoms with Crippen molar-refractivity contribution >= 4 is 51.5 Å². The number of esters is 1. The summed E-state index contributed by atoms with van der Waals surface area (Å²) >= 11 is 7.55. The van der Waals surface area contributed by atoms with Gasteiger partial charge in [-0.05, 0) is 42.5 Å². The topological polar surface area (TPSA) is 81.9 Å². The van der Waals surface area contributed by atoms with Crippen molar-refractivity contribution in [2.24, 2.45) is 0 Å². The zero-order valence-electron chi connectivity index (χ0n) is 16.2. The van der Waals surface area contributed by atoms with Gasteiger partial charge in [0, 0.05) is 23.3 Å². The van der Waals surface area contributed by atoms with E-state index in [1.807, 2.05) is 11.6 Å². The van der Waals surface area contributed by atoms with E-state index in [4.69, 9.17) is 21.1 Å². The average molecular weight is 454 g/mol. The molecule has 0 atom stereocenters. The van der Waals surface area contributed by atoms with Crippen molar-refractivity contribution in [3.8, 4) is 11.5 Å². The van der Waals surface area contributed by atoms with Crippen LogP contribution in [0, 0.1) is 0 Å². The molecule has 0 spiro atoms. The number of thiazole rings is 1. The number of benzene rings is 2. The smallest absolute Gasteiger partial charge is 0.336 e. The van der Waals surface area contributed by atoms with Crippen LogP contribution in [0.15, 0.2) is 66.2 Å². The molecule has 0 aliphatic carbocycles. The van der Waals surface area contributed by atoms with Gasteiger partial charge < -0.3 is 14.8 Å². The number of amides is 1. The molecule has 0 saturated heterocycles. The summed E-state index contributed by atoms with van der Waals surface area (Å²) in [5, 5.41) is 4.97. The molecule has 31 heavy (non-hydrogen) atoms. The van der Waals surface area contributed by atoms with Crippen molar-refractivity contribution in [1.29, 1.82) is 0 Å². The summed E-state index contributed by atoms with van der Waals surface area (Å²) in [6, 6.07) is 13.4. The Balaban J connectivity index is 1.39. The average Bonchev–Trinajstić information content (AvgIpc) is 3.34. The fourth-order valence-corrected chi connectivity index (χ4v) is 3.87. The number of rotatable bonds is 6. The second-order valence-electron chi connectivity index (χ2n) is 6.28. The van der Waals surface area contributed by atoms with Crippen LogP contribution in [0.1, 0.15) is 16.1 Å². The molecule has 0 aliphatic heterocycles. The zero-order valence-corrected chi connectivity index (χ0v) is 17.8. The standard InChI is InChI=1S/C22H16ClN3O4S/c1-29-18-5-3-2-4-16(18)21(28)24-14-6-8-15(9-7-14)30-19(27)11-10-17-20(23)25-22-26(17)12-13-31-22/h2-13H,1H3,(H,24,28)/b11-10+. The van der Waals surface area contributed by atoms with Crippen LogP contribution in [-0.2, 0) is 4.79 Å². The molecule has 0 unspecified atom stereocenters. The fourth-order valence-electron chi connectivity index (χ4n) is 2.86. The Bertz CT molecular complexity index is 1280. The maximum Gasteiger partial charge on any atom is 0.336 e. The lowest BCUT2D eigenvalue weighted by Gasteiger charge is -2.09. The van der Waals surface area contributed by atoms with E-state index in [9.17, 15) is 9.59 Å². The number of anilines is 1. The number of halogens is 1. The number of imidazole rings is 1. The number of fused-ring (bicyclic) bond motifs is 1. The quantitative estimate of drug-likeness (QED) is 0.254. The molecule has 0 radical (unpaired) electrons. The number of carbonyl (C=O) groups is 2. The summed E-state index contributed by atoms with van der Waals surface area (Å²) in [7, 11) is 1.51. The van der Waals surface area contributed by atoms with Crippen LogP contribution >= 0.6 is 22.9 Å². The summed E-state index contributed by atoms with van der Waals surface area (Å²) in [6.45, 7) is 0. The first-order valence-corrected chi connectivity index (χ1v) is 10.4. The number of hydrogen-bond donors (Lipinski definition) is 1. The molecule has 2 aromatic heterocycles. The van der Waals surface area contributed by atoms with Crippen molar-refractivity contribution in [3.63, 3.8) is 0 Å². The predicted molar refractivity (Wildman–Crippen MR) is 120 cm³/mol. The van der Waals surface area contributed by atoms with Crippen LogP contribution in [0.5, 0.6) is 11.5 Å². The number of para-hydroxylation sites is 1. The molecule has 7 nitrogen and oxygen atoms in total. The van der Waals surface area contributed by atoms with Crippen molar-refractivity contribution in [2.45, 2.75) is 0 Å². The van der Waals surface area contributed by atoms with Gasteiger partial charge in [-0.1, -0.05) is 23.7 Å². The lowest BCUT2D eigenvalue weighted by Crippen LogP contribution is -2.13. The third kappa shape index (κ3) is 4.60. The van der Waals surface area contributed by atoms with E-state index in [1.54, 1.807) is 59.0 Å². The minimum atomic E-state index is -0.563. The molecular weight excluding hydrogens is 438 g/mol. The number of nitrogens with one attached hydrogen (secondary N) is 1. The Morgan fingerprint density at radius 3 is 2.71 bits per heavy atom. The van der Waals surface area contributed by atoms with Crippen LogP contribution < -0.4 is 14.8 Å². The molecule has 1 amide bonds. The number of aromatic nitrogens is 2. The summed E-state index contributed by atoms with van der Waals surface area (Å²) in [5.41, 5.74) is 1.57. The molecule has 156 valence electrons. The third-order valence-electron chi connectivity index (χ3n) is 4.31. The van der Waals surface area contributed by atoms with Gasteiger partial charge >= 0.3 is 5.97 Å². The van der Waals surface area contributed by atoms with Gasteiger partial charge in [0.2, 0.25) is 0 Å². The van der Waals surface area contributed by atoms with Gasteiger partial charge in [0.15, 0.2) is 10.1 Å². The van der Waals surface area contributed by atoms with Crippen LogP contribution in [0.3, 0.4) is 0 Å². The van der Waals surface area contributed by atoms with Gasteiger partial charge in [0.1, 0.15) is 11.5 Å². The number of carbonyl (C=O) groups excluding carboxylic acids is 2. The highest BCUT2D eigenvalue weighted by atomic mass is 35.5. The molecule has 4 rings (SSSR count). The maximum absolute atomic E-state index is 12.5. The van der Waals surface area contributed by atoms with Gasteiger partial charge in [0.05, 0.1) is 18.4 Å². The first kappa shape index (κ1) is 20.6. The van der Waals surface area contributed by atoms with Crippen molar-refractivity contribution in [2.75, 3.05) is 12.4 Å². The molecule has 9 heteroatoms. The van der Waals surface area contributed by atoms with Crippen molar-refractivity contribution in [1.82, 2.24) is 9.38 Å². The van der Waals surface area contributed by atoms with E-state index >= 15 is 0 Å². The highest BCUT2D eigenvalue weighted by molar-refractivity contribution is 7.15. The van der Waals surface area contributed by atoms with Gasteiger partial charge in [-0.15, -0.1) is 11.3 Å². The monoisotopic (exact) mass is 453 g/mol. The summed E-state index contributed by atoms with van der Waals surface area (Å²) in [4.78, 5) is 29.5. The lowest BCUT2D eigenvalue weighted by atomic mass is 10.2. The van der Waals surface area contributed by atoms with Crippen LogP contribution in [0.2, 0.25) is 5.15 Å². The van der Waals surface area contributed by atoms with E-state index in [0.29, 0.717) is 33.6 Å². The molecule has 0 bridgehead atoms. The Kier molecular flexibility index (Phi) is 6.01. The van der Waals surface area contributed by atoms with E-state index in [0.717, 1.165) is 4.96 Å².